The highest BCUT2D eigenvalue weighted by Gasteiger charge is 2.20. The van der Waals surface area contributed by atoms with E-state index < -0.39 is 11.8 Å². The first-order valence-electron chi connectivity index (χ1n) is 10.5. The van der Waals surface area contributed by atoms with Gasteiger partial charge in [-0.2, -0.15) is 5.10 Å². The van der Waals surface area contributed by atoms with Crippen LogP contribution in [0.25, 0.3) is 0 Å². The van der Waals surface area contributed by atoms with Gasteiger partial charge in [-0.1, -0.05) is 41.4 Å². The Kier molecular flexibility index (Phi) is 7.29. The summed E-state index contributed by atoms with van der Waals surface area (Å²) in [7, 11) is 2.14. The maximum Gasteiger partial charge on any atom is 0.275 e. The van der Waals surface area contributed by atoms with Crippen LogP contribution in [-0.4, -0.2) is 65.0 Å². The van der Waals surface area contributed by atoms with E-state index in [0.29, 0.717) is 5.69 Å². The van der Waals surface area contributed by atoms with E-state index in [9.17, 15) is 9.59 Å². The highest BCUT2D eigenvalue weighted by Crippen LogP contribution is 2.26. The largest absolute Gasteiger partial charge is 0.321 e. The topological polar surface area (TPSA) is 93.4 Å². The average molecular weight is 487 g/mol. The number of nitrogens with zero attached hydrogens (tertiary/aromatic N) is 3. The number of halogens is 2. The number of piperazine rings is 1. The van der Waals surface area contributed by atoms with Crippen molar-refractivity contribution in [3.63, 3.8) is 0 Å². The van der Waals surface area contributed by atoms with Crippen LogP contribution in [0.1, 0.15) is 26.4 Å². The molecule has 10 heteroatoms. The van der Waals surface area contributed by atoms with Gasteiger partial charge in [0.25, 0.3) is 11.8 Å². The Morgan fingerprint density at radius 2 is 1.64 bits per heavy atom. The first-order chi connectivity index (χ1) is 15.9. The van der Waals surface area contributed by atoms with E-state index in [1.807, 2.05) is 24.3 Å². The molecule has 3 N–H and O–H groups in total. The second-order valence-corrected chi connectivity index (χ2v) is 8.75. The third-order valence-electron chi connectivity index (χ3n) is 5.52. The number of carbonyl (C=O) groups is 2. The summed E-state index contributed by atoms with van der Waals surface area (Å²) in [4.78, 5) is 30.2. The molecule has 1 aromatic heterocycles. The number of hydrogen-bond acceptors (Lipinski definition) is 5. The first kappa shape index (κ1) is 23.3. The Labute approximate surface area is 201 Å². The Balaban J connectivity index is 1.38. The van der Waals surface area contributed by atoms with E-state index in [1.54, 1.807) is 18.2 Å². The Hall–Kier alpha value is -2.91. The molecule has 0 unspecified atom stereocenters. The van der Waals surface area contributed by atoms with Crippen LogP contribution in [0, 0.1) is 0 Å². The number of rotatable bonds is 6. The third-order valence-corrected chi connectivity index (χ3v) is 6.15. The third kappa shape index (κ3) is 5.72. The van der Waals surface area contributed by atoms with Gasteiger partial charge in [-0.15, -0.1) is 0 Å². The second kappa shape index (κ2) is 10.4. The van der Waals surface area contributed by atoms with Crippen LogP contribution in [-0.2, 0) is 6.54 Å². The average Bonchev–Trinajstić information content (AvgIpc) is 3.25. The molecule has 0 atom stereocenters. The lowest BCUT2D eigenvalue weighted by Gasteiger charge is -2.32. The molecule has 4 rings (SSSR count). The molecule has 1 fully saturated rings. The van der Waals surface area contributed by atoms with Crippen molar-refractivity contribution in [3.05, 3.63) is 75.5 Å². The van der Waals surface area contributed by atoms with Crippen molar-refractivity contribution in [2.75, 3.05) is 43.9 Å². The molecule has 8 nitrogen and oxygen atoms in total. The van der Waals surface area contributed by atoms with Crippen LogP contribution in [0.2, 0.25) is 10.0 Å². The minimum Gasteiger partial charge on any atom is -0.321 e. The molecule has 172 valence electrons. The molecule has 33 heavy (non-hydrogen) atoms. The second-order valence-electron chi connectivity index (χ2n) is 7.94. The zero-order chi connectivity index (χ0) is 23.4. The number of aromatic nitrogens is 2. The van der Waals surface area contributed by atoms with Gasteiger partial charge < -0.3 is 15.5 Å². The molecule has 1 saturated heterocycles. The molecule has 2 aromatic carbocycles. The molecule has 0 spiro atoms. The summed E-state index contributed by atoms with van der Waals surface area (Å²) in [6.07, 6.45) is 1.36. The van der Waals surface area contributed by atoms with Crippen LogP contribution in [0.4, 0.5) is 11.4 Å². The number of nitrogens with one attached hydrogen (secondary N) is 3. The van der Waals surface area contributed by atoms with Gasteiger partial charge in [-0.05, 0) is 36.9 Å². The number of likely N-dealkylation sites (N-methyl/N-ethyl adjacent to an activating group) is 1. The van der Waals surface area contributed by atoms with Gasteiger partial charge in [0, 0.05) is 38.4 Å². The van der Waals surface area contributed by atoms with Crippen molar-refractivity contribution in [2.24, 2.45) is 0 Å². The molecule has 2 heterocycles. The van der Waals surface area contributed by atoms with Gasteiger partial charge in [-0.25, -0.2) is 0 Å². The van der Waals surface area contributed by atoms with Crippen molar-refractivity contribution in [3.8, 4) is 0 Å². The Morgan fingerprint density at radius 1 is 0.970 bits per heavy atom. The summed E-state index contributed by atoms with van der Waals surface area (Å²) in [5, 5.41) is 12.4. The zero-order valence-corrected chi connectivity index (χ0v) is 19.6. The monoisotopic (exact) mass is 486 g/mol. The molecule has 0 saturated carbocycles. The smallest absolute Gasteiger partial charge is 0.275 e. The number of benzene rings is 2. The highest BCUT2D eigenvalue weighted by molar-refractivity contribution is 6.40. The fraction of sp³-hybridized carbons (Fsp3) is 0.261. The number of H-pyrrole nitrogens is 1. The SMILES string of the molecule is CN1CCN(Cc2ccc(NC(=O)c3[nH]ncc3NC(=O)c3c(Cl)cccc3Cl)cc2)CC1. The van der Waals surface area contributed by atoms with E-state index in [0.717, 1.165) is 32.7 Å². The maximum atomic E-state index is 12.8. The molecule has 3 aromatic rings. The van der Waals surface area contributed by atoms with Crippen LogP contribution < -0.4 is 10.6 Å². The van der Waals surface area contributed by atoms with Crippen LogP contribution in [0.3, 0.4) is 0 Å². The number of anilines is 2. The van der Waals surface area contributed by atoms with Gasteiger partial charge in [0.15, 0.2) is 0 Å². The molecule has 0 aliphatic carbocycles. The van der Waals surface area contributed by atoms with Crippen LogP contribution in [0.15, 0.2) is 48.7 Å². The van der Waals surface area contributed by atoms with Crippen LogP contribution in [0.5, 0.6) is 0 Å². The number of aromatic amines is 1. The predicted octanol–water partition coefficient (Wildman–Crippen LogP) is 3.97. The van der Waals surface area contributed by atoms with Gasteiger partial charge in [-0.3, -0.25) is 19.6 Å². The van der Waals surface area contributed by atoms with E-state index in [1.165, 1.54) is 11.8 Å². The van der Waals surface area contributed by atoms with Crippen molar-refractivity contribution in [1.82, 2.24) is 20.0 Å². The van der Waals surface area contributed by atoms with Crippen molar-refractivity contribution >= 4 is 46.4 Å². The lowest BCUT2D eigenvalue weighted by atomic mass is 10.1. The van der Waals surface area contributed by atoms with Gasteiger partial charge in [0.1, 0.15) is 5.69 Å². The molecular weight excluding hydrogens is 463 g/mol. The predicted molar refractivity (Wildman–Crippen MR) is 130 cm³/mol. The number of amides is 2. The van der Waals surface area contributed by atoms with Crippen molar-refractivity contribution in [2.45, 2.75) is 6.54 Å². The van der Waals surface area contributed by atoms with Gasteiger partial charge >= 0.3 is 0 Å². The minimum atomic E-state index is -0.533. The minimum absolute atomic E-state index is 0.119. The molecule has 0 bridgehead atoms. The van der Waals surface area contributed by atoms with E-state index in [2.05, 4.69) is 37.7 Å². The molecule has 1 aliphatic rings. The lowest BCUT2D eigenvalue weighted by molar-refractivity contribution is 0.102. The quantitative estimate of drug-likeness (QED) is 0.490. The van der Waals surface area contributed by atoms with Gasteiger partial charge in [0.2, 0.25) is 0 Å². The van der Waals surface area contributed by atoms with Crippen molar-refractivity contribution in [1.29, 1.82) is 0 Å². The summed E-state index contributed by atoms with van der Waals surface area (Å²) >= 11 is 12.2. The summed E-state index contributed by atoms with van der Waals surface area (Å²) in [5.74, 6) is -0.964. The standard InChI is InChI=1S/C23H24Cl2N6O2/c1-30-9-11-31(12-10-30)14-15-5-7-16(8-6-15)27-23(33)21-19(13-26-29-21)28-22(32)20-17(24)3-2-4-18(20)25/h2-8,13H,9-12,14H2,1H3,(H,26,29)(H,27,33)(H,28,32). The van der Waals surface area contributed by atoms with E-state index in [-0.39, 0.29) is 27.0 Å². The fourth-order valence-electron chi connectivity index (χ4n) is 3.60. The summed E-state index contributed by atoms with van der Waals surface area (Å²) in [5.41, 5.74) is 2.30. The molecule has 2 amide bonds. The maximum absolute atomic E-state index is 12.8. The van der Waals surface area contributed by atoms with Crippen molar-refractivity contribution < 1.29 is 9.59 Å². The summed E-state index contributed by atoms with van der Waals surface area (Å²) in [6.45, 7) is 5.11. The summed E-state index contributed by atoms with van der Waals surface area (Å²) in [6, 6.07) is 12.5. The Bertz CT molecular complexity index is 1120. The highest BCUT2D eigenvalue weighted by atomic mass is 35.5. The van der Waals surface area contributed by atoms with Gasteiger partial charge in [0.05, 0.1) is 27.5 Å². The molecule has 1 aliphatic heterocycles. The number of carbonyl (C=O) groups excluding carboxylic acids is 2. The van der Waals surface area contributed by atoms with E-state index in [4.69, 9.17) is 23.2 Å². The first-order valence-corrected chi connectivity index (χ1v) is 11.3. The van der Waals surface area contributed by atoms with Crippen LogP contribution >= 0.6 is 23.2 Å². The number of hydrogen-bond donors (Lipinski definition) is 3. The Morgan fingerprint density at radius 3 is 2.30 bits per heavy atom. The normalized spacial score (nSPS) is 14.8. The fourth-order valence-corrected chi connectivity index (χ4v) is 4.17. The van der Waals surface area contributed by atoms with E-state index >= 15 is 0 Å². The lowest BCUT2D eigenvalue weighted by Crippen LogP contribution is -2.43. The molecule has 0 radical (unpaired) electrons. The zero-order valence-electron chi connectivity index (χ0n) is 18.1. The molecular formula is C23H24Cl2N6O2. The summed E-state index contributed by atoms with van der Waals surface area (Å²) < 4.78 is 0.